The predicted octanol–water partition coefficient (Wildman–Crippen LogP) is 3.94. The molecule has 1 aliphatic heterocycles. The normalized spacial score (nSPS) is 24.4. The minimum absolute atomic E-state index is 0.00656. The van der Waals surface area contributed by atoms with Crippen LogP contribution in [-0.4, -0.2) is 40.7 Å². The van der Waals surface area contributed by atoms with Crippen molar-refractivity contribution >= 4 is 5.97 Å². The molecule has 0 amide bonds. The number of hydrogen-bond acceptors (Lipinski definition) is 3. The van der Waals surface area contributed by atoms with Crippen molar-refractivity contribution < 1.29 is 15.0 Å². The van der Waals surface area contributed by atoms with E-state index in [0.29, 0.717) is 24.6 Å². The van der Waals surface area contributed by atoms with Crippen LogP contribution in [0, 0.1) is 11.8 Å². The van der Waals surface area contributed by atoms with Gasteiger partial charge >= 0.3 is 5.97 Å². The van der Waals surface area contributed by atoms with E-state index in [1.807, 2.05) is 42.5 Å². The van der Waals surface area contributed by atoms with Crippen LogP contribution in [0.5, 0.6) is 5.75 Å². The minimum atomic E-state index is -0.729. The number of piperidine rings is 1. The third kappa shape index (κ3) is 4.51. The van der Waals surface area contributed by atoms with Crippen molar-refractivity contribution in [3.8, 4) is 5.75 Å². The first-order valence-corrected chi connectivity index (χ1v) is 9.67. The Morgan fingerprint density at radius 2 is 1.96 bits per heavy atom. The van der Waals surface area contributed by atoms with E-state index in [9.17, 15) is 15.0 Å². The zero-order valence-corrected chi connectivity index (χ0v) is 16.1. The number of rotatable bonds is 6. The summed E-state index contributed by atoms with van der Waals surface area (Å²) in [6.45, 7) is 6.79. The highest BCUT2D eigenvalue weighted by Gasteiger charge is 2.39. The van der Waals surface area contributed by atoms with E-state index in [-0.39, 0.29) is 5.41 Å². The number of carboxylic acid groups (broad SMARTS) is 1. The van der Waals surface area contributed by atoms with Gasteiger partial charge in [-0.2, -0.15) is 0 Å². The van der Waals surface area contributed by atoms with E-state index >= 15 is 0 Å². The lowest BCUT2D eigenvalue weighted by Gasteiger charge is -2.45. The highest BCUT2D eigenvalue weighted by molar-refractivity contribution is 5.70. The first kappa shape index (κ1) is 19.4. The lowest BCUT2D eigenvalue weighted by molar-refractivity contribution is -0.142. The van der Waals surface area contributed by atoms with E-state index in [1.54, 1.807) is 6.07 Å². The fraction of sp³-hybridized carbons (Fsp3) is 0.435. The fourth-order valence-corrected chi connectivity index (χ4v) is 4.21. The van der Waals surface area contributed by atoms with Crippen LogP contribution in [0.15, 0.2) is 54.6 Å². The van der Waals surface area contributed by atoms with Gasteiger partial charge < -0.3 is 15.1 Å². The molecule has 144 valence electrons. The second-order valence-corrected chi connectivity index (χ2v) is 8.10. The van der Waals surface area contributed by atoms with Crippen LogP contribution in [0.2, 0.25) is 0 Å². The molecule has 0 spiro atoms. The smallest absolute Gasteiger partial charge is 0.308 e. The molecular weight excluding hydrogens is 338 g/mol. The number of likely N-dealkylation sites (tertiary alicyclic amines) is 1. The van der Waals surface area contributed by atoms with Gasteiger partial charge in [0.25, 0.3) is 0 Å². The maximum atomic E-state index is 11.8. The lowest BCUT2D eigenvalue weighted by atomic mass is 9.68. The first-order chi connectivity index (χ1) is 12.9. The number of aromatic hydroxyl groups is 1. The Morgan fingerprint density at radius 3 is 2.59 bits per heavy atom. The molecule has 27 heavy (non-hydrogen) atoms. The maximum Gasteiger partial charge on any atom is 0.308 e. The number of carbonyl (C=O) groups is 1. The van der Waals surface area contributed by atoms with Crippen LogP contribution in [0.3, 0.4) is 0 Å². The summed E-state index contributed by atoms with van der Waals surface area (Å²) in [5, 5.41) is 19.5. The van der Waals surface area contributed by atoms with Gasteiger partial charge in [0.05, 0.1) is 5.92 Å². The molecule has 1 fully saturated rings. The average Bonchev–Trinajstić information content (AvgIpc) is 2.65. The number of aliphatic carboxylic acids is 1. The molecule has 3 rings (SSSR count). The predicted molar refractivity (Wildman–Crippen MR) is 107 cm³/mol. The van der Waals surface area contributed by atoms with Crippen molar-refractivity contribution in [2.45, 2.75) is 32.1 Å². The van der Waals surface area contributed by atoms with Gasteiger partial charge in [0.1, 0.15) is 5.75 Å². The van der Waals surface area contributed by atoms with Gasteiger partial charge in [-0.25, -0.2) is 0 Å². The molecule has 0 radical (unpaired) electrons. The summed E-state index contributed by atoms with van der Waals surface area (Å²) in [7, 11) is 0. The Labute approximate surface area is 161 Å². The van der Waals surface area contributed by atoms with Crippen LogP contribution in [0.4, 0.5) is 0 Å². The topological polar surface area (TPSA) is 60.8 Å². The fourth-order valence-electron chi connectivity index (χ4n) is 4.21. The minimum Gasteiger partial charge on any atom is -0.508 e. The Morgan fingerprint density at radius 1 is 1.22 bits per heavy atom. The Kier molecular flexibility index (Phi) is 5.85. The van der Waals surface area contributed by atoms with E-state index in [4.69, 9.17) is 0 Å². The van der Waals surface area contributed by atoms with Crippen LogP contribution in [0.1, 0.15) is 31.4 Å². The van der Waals surface area contributed by atoms with Crippen molar-refractivity contribution in [3.05, 3.63) is 65.7 Å². The molecule has 4 heteroatoms. The number of hydrogen-bond donors (Lipinski definition) is 2. The molecule has 4 nitrogen and oxygen atoms in total. The van der Waals surface area contributed by atoms with Crippen LogP contribution in [-0.2, 0) is 16.6 Å². The van der Waals surface area contributed by atoms with Crippen molar-refractivity contribution in [2.75, 3.05) is 19.6 Å². The van der Waals surface area contributed by atoms with Gasteiger partial charge in [-0.1, -0.05) is 56.3 Å². The van der Waals surface area contributed by atoms with Gasteiger partial charge in [0.2, 0.25) is 0 Å². The van der Waals surface area contributed by atoms with Crippen molar-refractivity contribution in [1.82, 2.24) is 4.90 Å². The van der Waals surface area contributed by atoms with E-state index < -0.39 is 11.9 Å². The monoisotopic (exact) mass is 367 g/mol. The summed E-state index contributed by atoms with van der Waals surface area (Å²) in [5.41, 5.74) is 2.22. The first-order valence-electron chi connectivity index (χ1n) is 9.67. The molecule has 0 unspecified atom stereocenters. The lowest BCUT2D eigenvalue weighted by Crippen LogP contribution is -2.49. The molecule has 0 saturated carbocycles. The summed E-state index contributed by atoms with van der Waals surface area (Å²) in [4.78, 5) is 14.1. The van der Waals surface area contributed by atoms with Crippen LogP contribution >= 0.6 is 0 Å². The second-order valence-electron chi connectivity index (χ2n) is 8.10. The maximum absolute atomic E-state index is 11.8. The molecule has 2 N–H and O–H groups in total. The molecular formula is C23H29NO3. The molecule has 1 aliphatic rings. The van der Waals surface area contributed by atoms with E-state index in [0.717, 1.165) is 30.6 Å². The third-order valence-corrected chi connectivity index (χ3v) is 6.23. The number of phenols is 1. The van der Waals surface area contributed by atoms with Gasteiger partial charge in [0, 0.05) is 13.1 Å². The standard InChI is InChI=1S/C23H29NO3/c1-17-15-24(12-11-23(17,2)20-9-6-10-21(25)14-20)16-19(22(26)27)13-18-7-4-3-5-8-18/h3-10,14,17,19,25H,11-13,15-16H2,1-2H3,(H,26,27)/t17-,19-,23+/m1/s1. The quantitative estimate of drug-likeness (QED) is 0.812. The van der Waals surface area contributed by atoms with Crippen molar-refractivity contribution in [3.63, 3.8) is 0 Å². The Balaban J connectivity index is 1.67. The molecule has 0 bridgehead atoms. The van der Waals surface area contributed by atoms with Gasteiger partial charge in [-0.15, -0.1) is 0 Å². The van der Waals surface area contributed by atoms with Crippen molar-refractivity contribution in [2.24, 2.45) is 11.8 Å². The highest BCUT2D eigenvalue weighted by Crippen LogP contribution is 2.40. The molecule has 1 heterocycles. The number of carboxylic acids is 1. The zero-order chi connectivity index (χ0) is 19.4. The van der Waals surface area contributed by atoms with Gasteiger partial charge in [-0.3, -0.25) is 4.79 Å². The Bertz CT molecular complexity index is 776. The molecule has 3 atom stereocenters. The summed E-state index contributed by atoms with van der Waals surface area (Å²) in [6.07, 6.45) is 1.51. The Hall–Kier alpha value is -2.33. The van der Waals surface area contributed by atoms with Gasteiger partial charge in [0.15, 0.2) is 0 Å². The summed E-state index contributed by atoms with van der Waals surface area (Å²) in [6, 6.07) is 17.4. The third-order valence-electron chi connectivity index (χ3n) is 6.23. The zero-order valence-electron chi connectivity index (χ0n) is 16.1. The molecule has 0 aliphatic carbocycles. The average molecular weight is 367 g/mol. The summed E-state index contributed by atoms with van der Waals surface area (Å²) < 4.78 is 0. The molecule has 1 saturated heterocycles. The molecule has 0 aromatic heterocycles. The summed E-state index contributed by atoms with van der Waals surface area (Å²) >= 11 is 0. The SMILES string of the molecule is C[C@@H]1CN(C[C@@H](Cc2ccccc2)C(=O)O)CC[C@]1(C)c1cccc(O)c1. The summed E-state index contributed by atoms with van der Waals surface area (Å²) in [5.74, 6) is -0.450. The molecule has 2 aromatic carbocycles. The van der Waals surface area contributed by atoms with E-state index in [2.05, 4.69) is 24.8 Å². The van der Waals surface area contributed by atoms with Gasteiger partial charge in [-0.05, 0) is 54.0 Å². The number of nitrogens with zero attached hydrogens (tertiary/aromatic N) is 1. The van der Waals surface area contributed by atoms with Crippen molar-refractivity contribution in [1.29, 1.82) is 0 Å². The van der Waals surface area contributed by atoms with Crippen LogP contribution in [0.25, 0.3) is 0 Å². The van der Waals surface area contributed by atoms with Crippen LogP contribution < -0.4 is 0 Å². The molecule has 2 aromatic rings. The second kappa shape index (κ2) is 8.13. The number of phenolic OH excluding ortho intramolecular Hbond substituents is 1. The highest BCUT2D eigenvalue weighted by atomic mass is 16.4. The largest absolute Gasteiger partial charge is 0.508 e. The van der Waals surface area contributed by atoms with E-state index in [1.165, 1.54) is 0 Å². The number of benzene rings is 2.